The van der Waals surface area contributed by atoms with Crippen molar-refractivity contribution in [3.63, 3.8) is 0 Å². The Bertz CT molecular complexity index is 884. The molecule has 3 rings (SSSR count). The van der Waals surface area contributed by atoms with Crippen LogP contribution in [-0.2, 0) is 20.8 Å². The quantitative estimate of drug-likeness (QED) is 0.307. The van der Waals surface area contributed by atoms with Crippen LogP contribution in [-0.4, -0.2) is 51.5 Å². The molecule has 31 heavy (non-hydrogen) atoms. The minimum atomic E-state index is -0.394. The number of aromatic nitrogens is 2. The summed E-state index contributed by atoms with van der Waals surface area (Å²) in [5.41, 5.74) is 1.57. The van der Waals surface area contributed by atoms with Crippen molar-refractivity contribution in [2.24, 2.45) is 5.92 Å². The summed E-state index contributed by atoms with van der Waals surface area (Å²) >= 11 is 3.03. The van der Waals surface area contributed by atoms with Crippen LogP contribution >= 0.6 is 23.1 Å². The van der Waals surface area contributed by atoms with Crippen molar-refractivity contribution in [1.82, 2.24) is 20.3 Å². The van der Waals surface area contributed by atoms with Gasteiger partial charge in [-0.15, -0.1) is 11.8 Å². The Morgan fingerprint density at radius 1 is 1.29 bits per heavy atom. The first-order valence-corrected chi connectivity index (χ1v) is 12.0. The lowest BCUT2D eigenvalue weighted by Gasteiger charge is -2.30. The van der Waals surface area contributed by atoms with Gasteiger partial charge in [-0.1, -0.05) is 32.1 Å². The number of anilines is 1. The first-order chi connectivity index (χ1) is 14.7. The van der Waals surface area contributed by atoms with E-state index in [-0.39, 0.29) is 23.7 Å². The zero-order chi connectivity index (χ0) is 22.4. The monoisotopic (exact) mass is 467 g/mol. The summed E-state index contributed by atoms with van der Waals surface area (Å²) in [5, 5.41) is 12.1. The van der Waals surface area contributed by atoms with E-state index in [1.807, 2.05) is 0 Å². The summed E-state index contributed by atoms with van der Waals surface area (Å²) in [6.45, 7) is 8.34. The van der Waals surface area contributed by atoms with Crippen molar-refractivity contribution < 1.29 is 19.2 Å². The molecule has 1 saturated heterocycles. The van der Waals surface area contributed by atoms with E-state index in [0.29, 0.717) is 23.3 Å². The number of rotatable bonds is 8. The lowest BCUT2D eigenvalue weighted by molar-refractivity contribution is -0.129. The van der Waals surface area contributed by atoms with Gasteiger partial charge >= 0.3 is 0 Å². The van der Waals surface area contributed by atoms with Crippen molar-refractivity contribution in [3.8, 4) is 0 Å². The number of amides is 2. The average Bonchev–Trinajstić information content (AvgIpc) is 3.40. The van der Waals surface area contributed by atoms with Gasteiger partial charge in [0.15, 0.2) is 5.13 Å². The number of thiazole rings is 1. The highest BCUT2D eigenvalue weighted by Crippen LogP contribution is 2.32. The van der Waals surface area contributed by atoms with Crippen LogP contribution in [0.3, 0.4) is 0 Å². The van der Waals surface area contributed by atoms with Crippen LogP contribution in [0.25, 0.3) is 0 Å². The normalized spacial score (nSPS) is 15.7. The number of hydroxylamine groups is 1. The maximum absolute atomic E-state index is 12.6. The van der Waals surface area contributed by atoms with Gasteiger partial charge in [-0.25, -0.2) is 15.4 Å². The van der Waals surface area contributed by atoms with Gasteiger partial charge in [0.1, 0.15) is 5.76 Å². The second kappa shape index (κ2) is 10.6. The van der Waals surface area contributed by atoms with E-state index in [1.165, 1.54) is 11.3 Å². The third-order valence-corrected chi connectivity index (χ3v) is 7.18. The second-order valence-electron chi connectivity index (χ2n) is 8.53. The topological polar surface area (TPSA) is 121 Å². The van der Waals surface area contributed by atoms with E-state index in [9.17, 15) is 9.59 Å². The summed E-state index contributed by atoms with van der Waals surface area (Å²) in [6, 6.07) is 0. The fraction of sp³-hybridized carbons (Fsp3) is 0.600. The molecule has 1 aliphatic rings. The minimum Gasteiger partial charge on any atom is -0.444 e. The summed E-state index contributed by atoms with van der Waals surface area (Å²) in [7, 11) is 0. The fourth-order valence-electron chi connectivity index (χ4n) is 3.18. The van der Waals surface area contributed by atoms with E-state index in [4.69, 9.17) is 9.62 Å². The number of oxazole rings is 1. The molecular weight excluding hydrogens is 438 g/mol. The number of carbonyl (C=O) groups excluding carboxylic acids is 2. The maximum Gasteiger partial charge on any atom is 0.244 e. The molecule has 1 fully saturated rings. The van der Waals surface area contributed by atoms with Crippen molar-refractivity contribution in [3.05, 3.63) is 24.0 Å². The van der Waals surface area contributed by atoms with Crippen molar-refractivity contribution in [2.45, 2.75) is 55.4 Å². The van der Waals surface area contributed by atoms with Crippen molar-refractivity contribution in [1.29, 1.82) is 0 Å². The number of nitrogens with zero attached hydrogens (tertiary/aromatic N) is 3. The fourth-order valence-corrected chi connectivity index (χ4v) is 4.91. The zero-order valence-corrected chi connectivity index (χ0v) is 19.6. The Labute approximate surface area is 190 Å². The molecule has 0 aliphatic carbocycles. The first kappa shape index (κ1) is 23.7. The lowest BCUT2D eigenvalue weighted by Crippen LogP contribution is -2.39. The molecule has 3 N–H and O–H groups in total. The molecule has 0 radical (unpaired) electrons. The lowest BCUT2D eigenvalue weighted by atomic mass is 9.94. The van der Waals surface area contributed by atoms with Gasteiger partial charge in [-0.05, 0) is 25.9 Å². The molecule has 2 aromatic heterocycles. The molecule has 0 atom stereocenters. The highest BCUT2D eigenvalue weighted by atomic mass is 32.2. The number of nitrogens with one attached hydrogen (secondary N) is 2. The van der Waals surface area contributed by atoms with E-state index < -0.39 is 5.91 Å². The number of hydrogen-bond acceptors (Lipinski definition) is 9. The number of likely N-dealkylation sites (tertiary alicyclic amines) is 1. The van der Waals surface area contributed by atoms with E-state index in [1.54, 1.807) is 29.6 Å². The molecule has 2 amide bonds. The molecule has 0 unspecified atom stereocenters. The Morgan fingerprint density at radius 2 is 2.03 bits per heavy atom. The van der Waals surface area contributed by atoms with Crippen LogP contribution in [0.1, 0.15) is 51.7 Å². The molecule has 0 bridgehead atoms. The van der Waals surface area contributed by atoms with Gasteiger partial charge in [0.05, 0.1) is 22.4 Å². The summed E-state index contributed by atoms with van der Waals surface area (Å²) in [4.78, 5) is 34.5. The maximum atomic E-state index is 12.6. The Balaban J connectivity index is 1.42. The smallest absolute Gasteiger partial charge is 0.244 e. The number of thioether (sulfide) groups is 1. The predicted molar refractivity (Wildman–Crippen MR) is 119 cm³/mol. The molecule has 9 nitrogen and oxygen atoms in total. The Morgan fingerprint density at radius 3 is 2.68 bits per heavy atom. The molecule has 3 heterocycles. The molecule has 11 heteroatoms. The molecule has 170 valence electrons. The van der Waals surface area contributed by atoms with Crippen LogP contribution in [0.5, 0.6) is 0 Å². The molecule has 0 aromatic carbocycles. The SMILES string of the molecule is CC(C)(C)c1cnc(CSc2cnc(NC(=O)C3CCN(CCC(=O)NO)CC3)s2)o1. The average molecular weight is 468 g/mol. The summed E-state index contributed by atoms with van der Waals surface area (Å²) in [5.74, 6) is 1.68. The Hall–Kier alpha value is -1.95. The minimum absolute atomic E-state index is 0.0128. The molecule has 1 aliphatic heterocycles. The number of hydrogen-bond donors (Lipinski definition) is 3. The van der Waals surface area contributed by atoms with Crippen LogP contribution in [0, 0.1) is 5.92 Å². The Kier molecular flexibility index (Phi) is 8.09. The second-order valence-corrected chi connectivity index (χ2v) is 10.8. The van der Waals surface area contributed by atoms with Gasteiger partial charge in [0.25, 0.3) is 0 Å². The summed E-state index contributed by atoms with van der Waals surface area (Å²) < 4.78 is 6.80. The van der Waals surface area contributed by atoms with Crippen LogP contribution in [0.4, 0.5) is 5.13 Å². The van der Waals surface area contributed by atoms with Crippen LogP contribution in [0.15, 0.2) is 21.0 Å². The van der Waals surface area contributed by atoms with Crippen molar-refractivity contribution >= 4 is 40.0 Å². The zero-order valence-electron chi connectivity index (χ0n) is 18.0. The highest BCUT2D eigenvalue weighted by molar-refractivity contribution is 8.00. The van der Waals surface area contributed by atoms with Gasteiger partial charge in [0, 0.05) is 24.3 Å². The molecule has 0 saturated carbocycles. The number of carbonyl (C=O) groups is 2. The van der Waals surface area contributed by atoms with Gasteiger partial charge < -0.3 is 14.6 Å². The van der Waals surface area contributed by atoms with E-state index >= 15 is 0 Å². The highest BCUT2D eigenvalue weighted by Gasteiger charge is 2.26. The summed E-state index contributed by atoms with van der Waals surface area (Å²) in [6.07, 6.45) is 5.26. The van der Waals surface area contributed by atoms with Gasteiger partial charge in [0.2, 0.25) is 17.7 Å². The van der Waals surface area contributed by atoms with Gasteiger partial charge in [-0.3, -0.25) is 14.8 Å². The van der Waals surface area contributed by atoms with Crippen LogP contribution in [0.2, 0.25) is 0 Å². The molecule has 2 aromatic rings. The van der Waals surface area contributed by atoms with E-state index in [0.717, 1.165) is 35.9 Å². The molecule has 0 spiro atoms. The van der Waals surface area contributed by atoms with E-state index in [2.05, 4.69) is 41.0 Å². The van der Waals surface area contributed by atoms with Gasteiger partial charge in [-0.2, -0.15) is 0 Å². The predicted octanol–water partition coefficient (Wildman–Crippen LogP) is 3.27. The third kappa shape index (κ3) is 7.03. The largest absolute Gasteiger partial charge is 0.444 e. The first-order valence-electron chi connectivity index (χ1n) is 10.2. The van der Waals surface area contributed by atoms with Crippen molar-refractivity contribution in [2.75, 3.05) is 25.0 Å². The van der Waals surface area contributed by atoms with Crippen LogP contribution < -0.4 is 10.8 Å². The number of piperidine rings is 1. The molecular formula is C20H29N5O4S2. The standard InChI is InChI=1S/C20H29N5O4S2/c1-20(2,3)14-10-21-16(29-14)12-30-17-11-22-19(31-17)23-18(27)13-4-7-25(8-5-13)9-6-15(26)24-28/h10-11,13,28H,4-9,12H2,1-3H3,(H,24,26)(H,22,23,27). The third-order valence-electron chi connectivity index (χ3n) is 5.08.